The average molecular weight is 479 g/mol. The van der Waals surface area contributed by atoms with Gasteiger partial charge in [-0.25, -0.2) is 0 Å². The number of aliphatic imine (C=N–C) groups is 1. The van der Waals surface area contributed by atoms with Gasteiger partial charge >= 0.3 is 0 Å². The molecule has 0 bridgehead atoms. The zero-order chi connectivity index (χ0) is 18.8. The Morgan fingerprint density at radius 2 is 2.04 bits per heavy atom. The molecule has 0 saturated heterocycles. The van der Waals surface area contributed by atoms with Crippen molar-refractivity contribution in [2.75, 3.05) is 26.7 Å². The van der Waals surface area contributed by atoms with Crippen LogP contribution in [0.4, 0.5) is 0 Å². The lowest BCUT2D eigenvalue weighted by Gasteiger charge is -2.23. The van der Waals surface area contributed by atoms with Crippen molar-refractivity contribution in [2.45, 2.75) is 59.4 Å². The highest BCUT2D eigenvalue weighted by atomic mass is 127. The summed E-state index contributed by atoms with van der Waals surface area (Å²) in [6.07, 6.45) is 5.15. The maximum atomic E-state index is 9.24. The van der Waals surface area contributed by atoms with E-state index in [4.69, 9.17) is 4.99 Å². The van der Waals surface area contributed by atoms with Crippen LogP contribution in [0.1, 0.15) is 64.1 Å². The minimum absolute atomic E-state index is 0. The van der Waals surface area contributed by atoms with Crippen LogP contribution in [0.3, 0.4) is 0 Å². The molecule has 0 aliphatic carbocycles. The van der Waals surface area contributed by atoms with Crippen molar-refractivity contribution in [3.05, 3.63) is 17.5 Å². The summed E-state index contributed by atoms with van der Waals surface area (Å²) in [7, 11) is 4.04. The Morgan fingerprint density at radius 1 is 1.35 bits per heavy atom. The predicted octanol–water partition coefficient (Wildman–Crippen LogP) is 3.36. The van der Waals surface area contributed by atoms with Crippen molar-refractivity contribution < 1.29 is 5.11 Å². The summed E-state index contributed by atoms with van der Waals surface area (Å²) in [5.41, 5.74) is 2.39. The first-order valence-corrected chi connectivity index (χ1v) is 9.55. The van der Waals surface area contributed by atoms with Crippen molar-refractivity contribution in [1.29, 1.82) is 0 Å². The van der Waals surface area contributed by atoms with Crippen molar-refractivity contribution in [3.8, 4) is 0 Å². The molecule has 0 aliphatic rings. The van der Waals surface area contributed by atoms with Gasteiger partial charge in [0.15, 0.2) is 5.96 Å². The molecular formula is C19H38IN5O. The van der Waals surface area contributed by atoms with Crippen LogP contribution in [0.25, 0.3) is 0 Å². The van der Waals surface area contributed by atoms with Crippen molar-refractivity contribution in [1.82, 2.24) is 20.0 Å². The minimum atomic E-state index is 0. The summed E-state index contributed by atoms with van der Waals surface area (Å²) in [5.74, 6) is 1.77. The highest BCUT2D eigenvalue weighted by molar-refractivity contribution is 14.0. The van der Waals surface area contributed by atoms with Gasteiger partial charge in [0, 0.05) is 52.1 Å². The second-order valence-corrected chi connectivity index (χ2v) is 7.09. The SMILES string of the molecule is CCCC(CCO)CN=C(NCC)N(C)Cc1cn(C)nc1C(C)C.I. The third-order valence-corrected chi connectivity index (χ3v) is 4.32. The van der Waals surface area contributed by atoms with Crippen molar-refractivity contribution in [2.24, 2.45) is 18.0 Å². The topological polar surface area (TPSA) is 65.7 Å². The number of hydrogen-bond acceptors (Lipinski definition) is 3. The number of aryl methyl sites for hydroxylation is 1. The third-order valence-electron chi connectivity index (χ3n) is 4.32. The standard InChI is InChI=1S/C19H37N5O.HI/c1-7-9-16(10-11-25)12-21-19(20-8-2)23(5)13-17-14-24(6)22-18(17)15(3)4;/h14-16,25H,7-13H2,1-6H3,(H,20,21);1H. The van der Waals surface area contributed by atoms with Gasteiger partial charge in [-0.2, -0.15) is 5.10 Å². The van der Waals surface area contributed by atoms with E-state index in [9.17, 15) is 5.11 Å². The van der Waals surface area contributed by atoms with Crippen LogP contribution in [-0.4, -0.2) is 52.5 Å². The monoisotopic (exact) mass is 479 g/mol. The smallest absolute Gasteiger partial charge is 0.193 e. The number of hydrogen-bond donors (Lipinski definition) is 2. The molecule has 0 radical (unpaired) electrons. The summed E-state index contributed by atoms with van der Waals surface area (Å²) >= 11 is 0. The highest BCUT2D eigenvalue weighted by Crippen LogP contribution is 2.18. The quantitative estimate of drug-likeness (QED) is 0.307. The summed E-state index contributed by atoms with van der Waals surface area (Å²) in [5, 5.41) is 17.2. The van der Waals surface area contributed by atoms with Crippen LogP contribution in [0.15, 0.2) is 11.2 Å². The van der Waals surface area contributed by atoms with Crippen molar-refractivity contribution >= 4 is 29.9 Å². The summed E-state index contributed by atoms with van der Waals surface area (Å²) < 4.78 is 1.89. The first-order valence-electron chi connectivity index (χ1n) is 9.55. The van der Waals surface area contributed by atoms with Crippen LogP contribution < -0.4 is 5.32 Å². The Hall–Kier alpha value is -0.830. The van der Waals surface area contributed by atoms with Crippen LogP contribution in [0, 0.1) is 5.92 Å². The van der Waals surface area contributed by atoms with Gasteiger partial charge in [-0.3, -0.25) is 9.67 Å². The van der Waals surface area contributed by atoms with Crippen LogP contribution in [0.2, 0.25) is 0 Å². The second-order valence-electron chi connectivity index (χ2n) is 7.09. The molecule has 1 aromatic heterocycles. The maximum absolute atomic E-state index is 9.24. The van der Waals surface area contributed by atoms with Gasteiger partial charge in [0.05, 0.1) is 5.69 Å². The van der Waals surface area contributed by atoms with E-state index >= 15 is 0 Å². The average Bonchev–Trinajstić information content (AvgIpc) is 2.92. The molecule has 1 aromatic rings. The summed E-state index contributed by atoms with van der Waals surface area (Å²) in [6.45, 7) is 11.2. The summed E-state index contributed by atoms with van der Waals surface area (Å²) in [4.78, 5) is 6.98. The molecule has 26 heavy (non-hydrogen) atoms. The van der Waals surface area contributed by atoms with Gasteiger partial charge in [-0.1, -0.05) is 27.2 Å². The zero-order valence-electron chi connectivity index (χ0n) is 17.3. The minimum Gasteiger partial charge on any atom is -0.396 e. The molecule has 1 heterocycles. The van der Waals surface area contributed by atoms with E-state index in [1.54, 1.807) is 0 Å². The molecule has 0 aliphatic heterocycles. The van der Waals surface area contributed by atoms with E-state index in [1.165, 1.54) is 5.56 Å². The fourth-order valence-electron chi connectivity index (χ4n) is 3.10. The molecule has 0 aromatic carbocycles. The van der Waals surface area contributed by atoms with Gasteiger partial charge in [0.1, 0.15) is 0 Å². The molecule has 7 heteroatoms. The Labute approximate surface area is 176 Å². The van der Waals surface area contributed by atoms with Crippen molar-refractivity contribution in [3.63, 3.8) is 0 Å². The van der Waals surface area contributed by atoms with Gasteiger partial charge in [0.2, 0.25) is 0 Å². The van der Waals surface area contributed by atoms with E-state index in [1.807, 2.05) is 11.7 Å². The summed E-state index contributed by atoms with van der Waals surface area (Å²) in [6, 6.07) is 0. The number of rotatable bonds is 10. The number of aliphatic hydroxyl groups is 1. The molecule has 0 saturated carbocycles. The Balaban J connectivity index is 0.00000625. The van der Waals surface area contributed by atoms with Crippen LogP contribution >= 0.6 is 24.0 Å². The van der Waals surface area contributed by atoms with Gasteiger partial charge < -0.3 is 15.3 Å². The van der Waals surface area contributed by atoms with Gasteiger partial charge in [-0.15, -0.1) is 24.0 Å². The lowest BCUT2D eigenvalue weighted by molar-refractivity contribution is 0.253. The molecule has 1 atom stereocenters. The van der Waals surface area contributed by atoms with Gasteiger partial charge in [-0.05, 0) is 31.6 Å². The second kappa shape index (κ2) is 13.4. The number of nitrogens with one attached hydrogen (secondary N) is 1. The number of nitrogens with zero attached hydrogens (tertiary/aromatic N) is 4. The molecule has 0 fully saturated rings. The highest BCUT2D eigenvalue weighted by Gasteiger charge is 2.15. The number of aliphatic hydroxyl groups excluding tert-OH is 1. The van der Waals surface area contributed by atoms with E-state index in [-0.39, 0.29) is 30.6 Å². The number of guanidine groups is 1. The Bertz CT molecular complexity index is 524. The van der Waals surface area contributed by atoms with Crippen LogP contribution in [0.5, 0.6) is 0 Å². The van der Waals surface area contributed by atoms with E-state index in [0.29, 0.717) is 11.8 Å². The number of aromatic nitrogens is 2. The molecule has 0 amide bonds. The third kappa shape index (κ3) is 8.24. The molecule has 2 N–H and O–H groups in total. The van der Waals surface area contributed by atoms with E-state index < -0.39 is 0 Å². The number of halogens is 1. The Kier molecular flexibility index (Phi) is 12.9. The lowest BCUT2D eigenvalue weighted by atomic mass is 10.0. The fourth-order valence-corrected chi connectivity index (χ4v) is 3.10. The molecule has 1 unspecified atom stereocenters. The maximum Gasteiger partial charge on any atom is 0.193 e. The largest absolute Gasteiger partial charge is 0.396 e. The molecule has 152 valence electrons. The predicted molar refractivity (Wildman–Crippen MR) is 120 cm³/mol. The normalized spacial score (nSPS) is 12.8. The first-order chi connectivity index (χ1) is 11.9. The van der Waals surface area contributed by atoms with Gasteiger partial charge in [0.25, 0.3) is 0 Å². The molecule has 1 rings (SSSR count). The molecular weight excluding hydrogens is 441 g/mol. The lowest BCUT2D eigenvalue weighted by Crippen LogP contribution is -2.39. The Morgan fingerprint density at radius 3 is 2.58 bits per heavy atom. The van der Waals surface area contributed by atoms with Crippen LogP contribution in [-0.2, 0) is 13.6 Å². The first kappa shape index (κ1) is 25.2. The van der Waals surface area contributed by atoms with E-state index in [0.717, 1.165) is 50.6 Å². The van der Waals surface area contributed by atoms with E-state index in [2.05, 4.69) is 56.3 Å². The molecule has 6 nitrogen and oxygen atoms in total. The zero-order valence-corrected chi connectivity index (χ0v) is 19.7. The fraction of sp³-hybridized carbons (Fsp3) is 0.789. The molecule has 0 spiro atoms.